The minimum absolute atomic E-state index is 0. The molecule has 0 saturated heterocycles. The zero-order valence-electron chi connectivity index (χ0n) is 2.27. The Kier molecular flexibility index (Phi) is 82.2. The molecule has 0 aromatic rings. The van der Waals surface area contributed by atoms with Crippen molar-refractivity contribution in [3.8, 4) is 0 Å². The molecular formula is HInOTaZn. The van der Waals surface area contributed by atoms with Crippen LogP contribution in [0.1, 0.15) is 0 Å². The minimum Gasteiger partial charge on any atom is 0 e. The van der Waals surface area contributed by atoms with Crippen LogP contribution in [0.4, 0.5) is 0 Å². The van der Waals surface area contributed by atoms with Crippen LogP contribution in [0.3, 0.4) is 0 Å². The van der Waals surface area contributed by atoms with Crippen molar-refractivity contribution in [1.29, 1.82) is 0 Å². The first kappa shape index (κ1) is 16.6. The van der Waals surface area contributed by atoms with E-state index >= 15 is 0 Å². The van der Waals surface area contributed by atoms with Crippen LogP contribution in [-0.4, -0.2) is 24.4 Å². The summed E-state index contributed by atoms with van der Waals surface area (Å²) in [5.41, 5.74) is 0. The molecule has 0 spiro atoms. The molecule has 1 radical (unpaired) electrons. The van der Waals surface area contributed by atoms with Crippen molar-refractivity contribution in [3.63, 3.8) is 0 Å². The second kappa shape index (κ2) is 19.8. The predicted octanol–water partition coefficient (Wildman–Crippen LogP) is -0.772. The number of hydrogen-bond donors (Lipinski definition) is 0. The molecule has 0 fully saturated rings. The summed E-state index contributed by atoms with van der Waals surface area (Å²) in [6.45, 7) is 0. The van der Waals surface area contributed by atoms with E-state index in [1.807, 2.05) is 0 Å². The normalized spacial score (nSPS) is 0.750. The third-order valence-corrected chi connectivity index (χ3v) is 0. The van der Waals surface area contributed by atoms with Gasteiger partial charge in [-0.15, -0.1) is 0 Å². The van der Waals surface area contributed by atoms with Crippen LogP contribution >= 0.6 is 0 Å². The standard InChI is InChI=1S/In.O.Ta.Zn.H. The van der Waals surface area contributed by atoms with E-state index < -0.39 is 0 Å². The second-order valence-electron chi connectivity index (χ2n) is 0. The first-order valence-corrected chi connectivity index (χ1v) is 1.94. The van der Waals surface area contributed by atoms with Crippen molar-refractivity contribution in [2.24, 2.45) is 0 Å². The monoisotopic (exact) mass is 377 g/mol. The summed E-state index contributed by atoms with van der Waals surface area (Å²) in [6.07, 6.45) is 0. The van der Waals surface area contributed by atoms with Gasteiger partial charge in [-0.2, -0.15) is 0 Å². The maximum absolute atomic E-state index is 8.42. The van der Waals surface area contributed by atoms with E-state index in [9.17, 15) is 0 Å². The summed E-state index contributed by atoms with van der Waals surface area (Å²) in [5.74, 6) is 0. The van der Waals surface area contributed by atoms with E-state index in [2.05, 4.69) is 0 Å². The molecule has 0 aromatic heterocycles. The average molecular weight is 378 g/mol. The summed E-state index contributed by atoms with van der Waals surface area (Å²) in [5, 5.41) is 0. The fourth-order valence-electron chi connectivity index (χ4n) is 0. The van der Waals surface area contributed by atoms with Crippen LogP contribution in [0, 0.1) is 0 Å². The molecule has 0 heterocycles. The second-order valence-corrected chi connectivity index (χ2v) is 0. The molecule has 4 heteroatoms. The summed E-state index contributed by atoms with van der Waals surface area (Å²) < 4.78 is 8.42. The van der Waals surface area contributed by atoms with E-state index in [-0.39, 0.29) is 66.2 Å². The fraction of sp³-hybridized carbons (Fsp3) is 0. The third kappa shape index (κ3) is 8.98. The van der Waals surface area contributed by atoms with Gasteiger partial charge in [-0.1, -0.05) is 0 Å². The zero-order chi connectivity index (χ0) is 2.00. The predicted molar refractivity (Wildman–Crippen MR) is 7.84 cm³/mol. The van der Waals surface area contributed by atoms with Gasteiger partial charge in [0.15, 0.2) is 0 Å². The van der Waals surface area contributed by atoms with Crippen LogP contribution in [0.2, 0.25) is 0 Å². The van der Waals surface area contributed by atoms with Gasteiger partial charge in [0.1, 0.15) is 0 Å². The van der Waals surface area contributed by atoms with Crippen molar-refractivity contribution in [2.45, 2.75) is 0 Å². The van der Waals surface area contributed by atoms with Crippen LogP contribution in [0.25, 0.3) is 0 Å². The Bertz CT molecular complexity index is 8.00. The SMILES string of the molecule is [O]=[InH].[Ta].[Zn]. The number of rotatable bonds is 0. The molecule has 0 N–H and O–H groups in total. The third-order valence-electron chi connectivity index (χ3n) is 0. The summed E-state index contributed by atoms with van der Waals surface area (Å²) >= 11 is -0.1000. The van der Waals surface area contributed by atoms with Crippen LogP contribution < -0.4 is 0 Å². The molecular weight excluding hydrogens is 377 g/mol. The first-order chi connectivity index (χ1) is 1.00. The van der Waals surface area contributed by atoms with Gasteiger partial charge in [-0.25, -0.2) is 0 Å². The maximum atomic E-state index is 8.42. The van der Waals surface area contributed by atoms with Crippen LogP contribution in [0.15, 0.2) is 0 Å². The van der Waals surface area contributed by atoms with E-state index in [1.54, 1.807) is 0 Å². The van der Waals surface area contributed by atoms with Crippen LogP contribution in [-0.2, 0) is 44.7 Å². The topological polar surface area (TPSA) is 17.1 Å². The molecule has 0 atom stereocenters. The molecule has 0 aromatic carbocycles. The van der Waals surface area contributed by atoms with Crippen molar-refractivity contribution >= 4 is 24.4 Å². The molecule has 1 nitrogen and oxygen atoms in total. The van der Waals surface area contributed by atoms with E-state index in [0.29, 0.717) is 0 Å². The maximum Gasteiger partial charge on any atom is 0 e. The fourth-order valence-corrected chi connectivity index (χ4v) is 0. The van der Waals surface area contributed by atoms with Gasteiger partial charge in [0.05, 0.1) is 0 Å². The van der Waals surface area contributed by atoms with Crippen LogP contribution in [0.5, 0.6) is 0 Å². The Balaban J connectivity index is -0.00000000500. The molecule has 0 unspecified atom stereocenters. The molecule has 17 valence electrons. The zero-order valence-corrected chi connectivity index (χ0v) is 12.5. The molecule has 0 bridgehead atoms. The Labute approximate surface area is 68.2 Å². The minimum atomic E-state index is -0.1000. The molecule has 0 aliphatic heterocycles. The Morgan fingerprint density at radius 2 is 1.25 bits per heavy atom. The van der Waals surface area contributed by atoms with Gasteiger partial charge in [-0.3, -0.25) is 0 Å². The summed E-state index contributed by atoms with van der Waals surface area (Å²) in [6, 6.07) is 0. The molecule has 0 saturated carbocycles. The van der Waals surface area contributed by atoms with E-state index in [4.69, 9.17) is 2.85 Å². The molecule has 0 aliphatic rings. The van der Waals surface area contributed by atoms with Gasteiger partial charge in [-0.05, 0) is 0 Å². The van der Waals surface area contributed by atoms with E-state index in [1.165, 1.54) is 0 Å². The quantitative estimate of drug-likeness (QED) is 0.506. The van der Waals surface area contributed by atoms with Crippen molar-refractivity contribution in [2.75, 3.05) is 0 Å². The molecule has 0 amide bonds. The van der Waals surface area contributed by atoms with Gasteiger partial charge >= 0.3 is 27.2 Å². The van der Waals surface area contributed by atoms with Crippen molar-refractivity contribution in [1.82, 2.24) is 0 Å². The van der Waals surface area contributed by atoms with Crippen molar-refractivity contribution < 1.29 is 44.7 Å². The Morgan fingerprint density at radius 1 is 1.25 bits per heavy atom. The Hall–Kier alpha value is 2.03. The average Bonchev–Trinajstić information content (AvgIpc) is 1.00. The summed E-state index contributed by atoms with van der Waals surface area (Å²) in [7, 11) is 0. The van der Waals surface area contributed by atoms with Gasteiger partial charge < -0.3 is 0 Å². The largest absolute Gasteiger partial charge is 0 e. The molecule has 0 aliphatic carbocycles. The van der Waals surface area contributed by atoms with Crippen molar-refractivity contribution in [3.05, 3.63) is 0 Å². The number of hydrogen-bond acceptors (Lipinski definition) is 1. The summed E-state index contributed by atoms with van der Waals surface area (Å²) in [4.78, 5) is 0. The molecule has 4 heavy (non-hydrogen) atoms. The van der Waals surface area contributed by atoms with Gasteiger partial charge in [0.25, 0.3) is 0 Å². The Morgan fingerprint density at radius 3 is 1.25 bits per heavy atom. The smallest absolute Gasteiger partial charge is 0 e. The van der Waals surface area contributed by atoms with Gasteiger partial charge in [0.2, 0.25) is 0 Å². The molecule has 0 rings (SSSR count). The van der Waals surface area contributed by atoms with Gasteiger partial charge in [0, 0.05) is 41.9 Å². The first-order valence-electron chi connectivity index (χ1n) is 0.289. The van der Waals surface area contributed by atoms with E-state index in [0.717, 1.165) is 0 Å².